The zero-order valence-corrected chi connectivity index (χ0v) is 13.0. The molecule has 2 rings (SSSR count). The Hall–Kier alpha value is -1.14. The van der Waals surface area contributed by atoms with Gasteiger partial charge in [-0.15, -0.1) is 0 Å². The van der Waals surface area contributed by atoms with Gasteiger partial charge < -0.3 is 15.3 Å². The van der Waals surface area contributed by atoms with Crippen molar-refractivity contribution in [3.63, 3.8) is 0 Å². The van der Waals surface area contributed by atoms with Gasteiger partial charge in [-0.25, -0.2) is 0 Å². The summed E-state index contributed by atoms with van der Waals surface area (Å²) in [6.45, 7) is 7.38. The van der Waals surface area contributed by atoms with E-state index in [4.69, 9.17) is 11.6 Å². The average molecular weight is 300 g/mol. The summed E-state index contributed by atoms with van der Waals surface area (Å²) in [4.78, 5) is 14.8. The Balaban J connectivity index is 2.20. The molecule has 20 heavy (non-hydrogen) atoms. The first-order valence-electron chi connectivity index (χ1n) is 7.01. The van der Waals surface area contributed by atoms with E-state index >= 15 is 0 Å². The third-order valence-corrected chi connectivity index (χ3v) is 3.88. The van der Waals surface area contributed by atoms with Gasteiger partial charge in [0.1, 0.15) is 0 Å². The molecule has 1 atom stereocenters. The number of rotatable bonds is 4. The monoisotopic (exact) mass is 299 g/mol. The fourth-order valence-corrected chi connectivity index (χ4v) is 2.18. The van der Waals surface area contributed by atoms with Crippen LogP contribution in [0.1, 0.15) is 40.0 Å². The van der Waals surface area contributed by atoms with Crippen molar-refractivity contribution >= 4 is 23.5 Å². The molecule has 1 aliphatic heterocycles. The number of aromatic nitrogens is 3. The maximum absolute atomic E-state index is 9.75. The highest BCUT2D eigenvalue weighted by molar-refractivity contribution is 6.28. The SMILES string of the molecule is CC(O)C(C)(C)Nc1nc(Cl)nc(N2CCCCC2)n1. The van der Waals surface area contributed by atoms with Crippen LogP contribution in [-0.2, 0) is 0 Å². The molecule has 1 fully saturated rings. The minimum absolute atomic E-state index is 0.171. The van der Waals surface area contributed by atoms with E-state index < -0.39 is 11.6 Å². The van der Waals surface area contributed by atoms with E-state index in [1.165, 1.54) is 6.42 Å². The van der Waals surface area contributed by atoms with Crippen LogP contribution in [0.3, 0.4) is 0 Å². The van der Waals surface area contributed by atoms with Gasteiger partial charge in [0.15, 0.2) is 0 Å². The normalized spacial score (nSPS) is 17.9. The molecule has 0 bridgehead atoms. The van der Waals surface area contributed by atoms with Crippen LogP contribution in [0.25, 0.3) is 0 Å². The van der Waals surface area contributed by atoms with Gasteiger partial charge in [-0.05, 0) is 51.6 Å². The van der Waals surface area contributed by atoms with E-state index in [1.54, 1.807) is 6.92 Å². The largest absolute Gasteiger partial charge is 0.391 e. The minimum Gasteiger partial charge on any atom is -0.391 e. The lowest BCUT2D eigenvalue weighted by molar-refractivity contribution is 0.132. The number of hydrogen-bond acceptors (Lipinski definition) is 6. The average Bonchev–Trinajstić information content (AvgIpc) is 2.38. The number of nitrogens with zero attached hydrogens (tertiary/aromatic N) is 4. The molecule has 1 unspecified atom stereocenters. The van der Waals surface area contributed by atoms with E-state index in [0.29, 0.717) is 11.9 Å². The van der Waals surface area contributed by atoms with Crippen LogP contribution in [0.5, 0.6) is 0 Å². The van der Waals surface area contributed by atoms with Crippen LogP contribution in [-0.4, -0.2) is 44.8 Å². The molecule has 112 valence electrons. The molecule has 1 aliphatic rings. The summed E-state index contributed by atoms with van der Waals surface area (Å²) < 4.78 is 0. The molecule has 7 heteroatoms. The Kier molecular flexibility index (Phi) is 4.65. The molecule has 0 amide bonds. The Labute approximate surface area is 124 Å². The van der Waals surface area contributed by atoms with Crippen molar-refractivity contribution in [3.05, 3.63) is 5.28 Å². The van der Waals surface area contributed by atoms with E-state index in [2.05, 4.69) is 25.2 Å². The standard InChI is InChI=1S/C13H22ClN5O/c1-9(20)13(2,3)18-11-15-10(14)16-12(17-11)19-7-5-4-6-8-19/h9,20H,4-8H2,1-3H3,(H,15,16,17,18). The fourth-order valence-electron chi connectivity index (χ4n) is 2.02. The van der Waals surface area contributed by atoms with Gasteiger partial charge in [0.25, 0.3) is 0 Å². The van der Waals surface area contributed by atoms with Gasteiger partial charge in [-0.1, -0.05) is 0 Å². The van der Waals surface area contributed by atoms with Crippen LogP contribution < -0.4 is 10.2 Å². The molecular formula is C13H22ClN5O. The second kappa shape index (κ2) is 6.10. The maximum atomic E-state index is 9.75. The van der Waals surface area contributed by atoms with Crippen molar-refractivity contribution in [1.82, 2.24) is 15.0 Å². The summed E-state index contributed by atoms with van der Waals surface area (Å²) in [7, 11) is 0. The molecule has 0 aliphatic carbocycles. The Bertz CT molecular complexity index is 460. The van der Waals surface area contributed by atoms with Crippen LogP contribution in [0.15, 0.2) is 0 Å². The minimum atomic E-state index is -0.545. The van der Waals surface area contributed by atoms with Crippen molar-refractivity contribution < 1.29 is 5.11 Å². The topological polar surface area (TPSA) is 74.2 Å². The number of hydrogen-bond donors (Lipinski definition) is 2. The number of nitrogens with one attached hydrogen (secondary N) is 1. The summed E-state index contributed by atoms with van der Waals surface area (Å²) in [6, 6.07) is 0. The highest BCUT2D eigenvalue weighted by atomic mass is 35.5. The molecule has 1 aromatic heterocycles. The van der Waals surface area contributed by atoms with E-state index in [1.807, 2.05) is 13.8 Å². The lowest BCUT2D eigenvalue weighted by Crippen LogP contribution is -2.42. The number of anilines is 2. The number of aliphatic hydroxyl groups excluding tert-OH is 1. The smallest absolute Gasteiger partial charge is 0.231 e. The van der Waals surface area contributed by atoms with Crippen molar-refractivity contribution in [2.45, 2.75) is 51.7 Å². The van der Waals surface area contributed by atoms with Crippen molar-refractivity contribution in [2.24, 2.45) is 0 Å². The highest BCUT2D eigenvalue weighted by Gasteiger charge is 2.26. The van der Waals surface area contributed by atoms with E-state index in [-0.39, 0.29) is 5.28 Å². The van der Waals surface area contributed by atoms with Crippen LogP contribution in [0, 0.1) is 0 Å². The highest BCUT2D eigenvalue weighted by Crippen LogP contribution is 2.21. The van der Waals surface area contributed by atoms with Crippen molar-refractivity contribution in [2.75, 3.05) is 23.3 Å². The molecule has 6 nitrogen and oxygen atoms in total. The van der Waals surface area contributed by atoms with Crippen LogP contribution in [0.2, 0.25) is 5.28 Å². The van der Waals surface area contributed by atoms with Gasteiger partial charge in [-0.3, -0.25) is 0 Å². The quantitative estimate of drug-likeness (QED) is 0.887. The summed E-state index contributed by atoms with van der Waals surface area (Å²) in [5, 5.41) is 13.0. The summed E-state index contributed by atoms with van der Waals surface area (Å²) in [5.74, 6) is 1.00. The lowest BCUT2D eigenvalue weighted by atomic mass is 9.99. The first-order valence-corrected chi connectivity index (χ1v) is 7.39. The number of halogens is 1. The Morgan fingerprint density at radius 2 is 1.85 bits per heavy atom. The third-order valence-electron chi connectivity index (χ3n) is 3.71. The summed E-state index contributed by atoms with van der Waals surface area (Å²) in [6.07, 6.45) is 2.99. The predicted octanol–water partition coefficient (Wildman–Crippen LogP) is 2.09. The zero-order chi connectivity index (χ0) is 14.8. The van der Waals surface area contributed by atoms with Crippen LogP contribution >= 0.6 is 11.6 Å². The zero-order valence-electron chi connectivity index (χ0n) is 12.2. The van der Waals surface area contributed by atoms with Gasteiger partial charge in [0.05, 0.1) is 11.6 Å². The summed E-state index contributed by atoms with van der Waals surface area (Å²) in [5.41, 5.74) is -0.538. The molecule has 1 aromatic rings. The van der Waals surface area contributed by atoms with Gasteiger partial charge in [0, 0.05) is 13.1 Å². The predicted molar refractivity (Wildman–Crippen MR) is 80.3 cm³/mol. The number of piperidine rings is 1. The van der Waals surface area contributed by atoms with Crippen molar-refractivity contribution in [3.8, 4) is 0 Å². The molecule has 0 aromatic carbocycles. The van der Waals surface area contributed by atoms with Gasteiger partial charge in [-0.2, -0.15) is 15.0 Å². The molecule has 0 spiro atoms. The molecule has 1 saturated heterocycles. The Morgan fingerprint density at radius 1 is 1.20 bits per heavy atom. The molecule has 0 saturated carbocycles. The Morgan fingerprint density at radius 3 is 2.45 bits per heavy atom. The second-order valence-corrected chi connectivity index (χ2v) is 6.14. The molecule has 2 N–H and O–H groups in total. The van der Waals surface area contributed by atoms with Gasteiger partial charge >= 0.3 is 0 Å². The van der Waals surface area contributed by atoms with E-state index in [9.17, 15) is 5.11 Å². The van der Waals surface area contributed by atoms with Crippen molar-refractivity contribution in [1.29, 1.82) is 0 Å². The first kappa shape index (κ1) is 15.3. The molecular weight excluding hydrogens is 278 g/mol. The second-order valence-electron chi connectivity index (χ2n) is 5.80. The first-order chi connectivity index (χ1) is 9.38. The summed E-state index contributed by atoms with van der Waals surface area (Å²) >= 11 is 5.99. The lowest BCUT2D eigenvalue weighted by Gasteiger charge is -2.30. The molecule has 2 heterocycles. The van der Waals surface area contributed by atoms with E-state index in [0.717, 1.165) is 25.9 Å². The fraction of sp³-hybridized carbons (Fsp3) is 0.769. The maximum Gasteiger partial charge on any atom is 0.231 e. The van der Waals surface area contributed by atoms with Crippen LogP contribution in [0.4, 0.5) is 11.9 Å². The van der Waals surface area contributed by atoms with Gasteiger partial charge in [0.2, 0.25) is 17.2 Å². The number of aliphatic hydroxyl groups is 1. The third kappa shape index (κ3) is 3.70. The molecule has 0 radical (unpaired) electrons.